The number of halogens is 2. The maximum atomic E-state index is 12.9. The van der Waals surface area contributed by atoms with Gasteiger partial charge < -0.3 is 14.6 Å². The summed E-state index contributed by atoms with van der Waals surface area (Å²) in [7, 11) is 1.69. The van der Waals surface area contributed by atoms with Crippen LogP contribution in [0.25, 0.3) is 0 Å². The number of carbonyl (C=O) groups is 2. The van der Waals surface area contributed by atoms with E-state index in [1.165, 1.54) is 6.07 Å². The number of benzene rings is 1. The fraction of sp³-hybridized carbons (Fsp3) is 0.368. The van der Waals surface area contributed by atoms with E-state index in [-0.39, 0.29) is 16.5 Å². The predicted molar refractivity (Wildman–Crippen MR) is 111 cm³/mol. The molecule has 2 aromatic rings. The van der Waals surface area contributed by atoms with E-state index >= 15 is 0 Å². The minimum Gasteiger partial charge on any atom is -0.464 e. The Morgan fingerprint density at radius 1 is 1.26 bits per heavy atom. The van der Waals surface area contributed by atoms with Crippen LogP contribution in [0.3, 0.4) is 0 Å². The van der Waals surface area contributed by atoms with Crippen LogP contribution in [0.1, 0.15) is 28.3 Å². The fourth-order valence-corrected chi connectivity index (χ4v) is 3.52. The van der Waals surface area contributed by atoms with E-state index in [1.54, 1.807) is 35.8 Å². The second-order valence-corrected chi connectivity index (χ2v) is 7.97. The first kappa shape index (κ1) is 21.7. The van der Waals surface area contributed by atoms with Crippen molar-refractivity contribution in [3.05, 3.63) is 57.5 Å². The van der Waals surface area contributed by atoms with Crippen molar-refractivity contribution in [2.45, 2.75) is 25.9 Å². The molecule has 1 N–H and O–H groups in total. The number of nitrogens with zero attached hydrogens (tertiary/aromatic N) is 1. The molecule has 1 atom stereocenters. The smallest absolute Gasteiger partial charge is 0.253 e. The van der Waals surface area contributed by atoms with Crippen molar-refractivity contribution in [2.75, 3.05) is 19.1 Å². The Morgan fingerprint density at radius 2 is 2.00 bits per heavy atom. The highest BCUT2D eigenvalue weighted by Crippen LogP contribution is 2.21. The number of likely N-dealkylation sites (N-methyl/N-ethyl adjacent to an activating group) is 1. The van der Waals surface area contributed by atoms with Gasteiger partial charge >= 0.3 is 0 Å². The van der Waals surface area contributed by atoms with Gasteiger partial charge in [-0.1, -0.05) is 23.2 Å². The summed E-state index contributed by atoms with van der Waals surface area (Å²) >= 11 is 13.6. The first-order chi connectivity index (χ1) is 12.8. The summed E-state index contributed by atoms with van der Waals surface area (Å²) in [5.41, 5.74) is 0.285. The van der Waals surface area contributed by atoms with Gasteiger partial charge in [0.1, 0.15) is 17.6 Å². The lowest BCUT2D eigenvalue weighted by Gasteiger charge is -2.24. The van der Waals surface area contributed by atoms with E-state index in [9.17, 15) is 9.59 Å². The van der Waals surface area contributed by atoms with E-state index in [4.69, 9.17) is 27.6 Å². The number of nitrogens with one attached hydrogen (secondary N) is 1. The molecule has 5 nitrogen and oxygen atoms in total. The van der Waals surface area contributed by atoms with Gasteiger partial charge in [-0.05, 0) is 55.7 Å². The van der Waals surface area contributed by atoms with Gasteiger partial charge in [-0.3, -0.25) is 9.59 Å². The lowest BCUT2D eigenvalue weighted by Crippen LogP contribution is -2.47. The van der Waals surface area contributed by atoms with Gasteiger partial charge in [-0.25, -0.2) is 0 Å². The first-order valence-corrected chi connectivity index (χ1v) is 10.5. The van der Waals surface area contributed by atoms with Crippen molar-refractivity contribution < 1.29 is 14.0 Å². The average molecular weight is 429 g/mol. The molecule has 0 aliphatic carbocycles. The molecule has 1 aromatic heterocycles. The van der Waals surface area contributed by atoms with Gasteiger partial charge in [0.25, 0.3) is 5.91 Å². The maximum Gasteiger partial charge on any atom is 0.253 e. The minimum absolute atomic E-state index is 0.184. The van der Waals surface area contributed by atoms with Crippen molar-refractivity contribution >= 4 is 46.8 Å². The molecular formula is C19H22Cl2N2O3S. The Bertz CT molecular complexity index is 810. The number of hydrogen-bond acceptors (Lipinski definition) is 4. The molecular weight excluding hydrogens is 407 g/mol. The molecule has 0 bridgehead atoms. The molecule has 0 saturated carbocycles. The summed E-state index contributed by atoms with van der Waals surface area (Å²) in [6.45, 7) is 2.18. The second-order valence-electron chi connectivity index (χ2n) is 6.14. The third-order valence-corrected chi connectivity index (χ3v) is 5.15. The SMILES string of the molecule is CSCCC(NC(=O)c1ccc(Cl)cc1Cl)C(=O)N(C)Cc1ccc(C)o1. The van der Waals surface area contributed by atoms with Crippen LogP contribution in [-0.4, -0.2) is 41.8 Å². The molecule has 2 rings (SSSR count). The summed E-state index contributed by atoms with van der Waals surface area (Å²) in [6, 6.07) is 7.67. The Morgan fingerprint density at radius 3 is 2.59 bits per heavy atom. The molecule has 27 heavy (non-hydrogen) atoms. The Kier molecular flexibility index (Phi) is 8.07. The lowest BCUT2D eigenvalue weighted by molar-refractivity contribution is -0.132. The number of hydrogen-bond donors (Lipinski definition) is 1. The first-order valence-electron chi connectivity index (χ1n) is 8.37. The van der Waals surface area contributed by atoms with Gasteiger partial charge in [0.15, 0.2) is 0 Å². The predicted octanol–water partition coefficient (Wildman–Crippen LogP) is 4.40. The van der Waals surface area contributed by atoms with E-state index in [1.807, 2.05) is 25.3 Å². The summed E-state index contributed by atoms with van der Waals surface area (Å²) in [4.78, 5) is 27.0. The van der Waals surface area contributed by atoms with Gasteiger partial charge in [0, 0.05) is 12.1 Å². The minimum atomic E-state index is -0.655. The Hall–Kier alpha value is -1.63. The monoisotopic (exact) mass is 428 g/mol. The van der Waals surface area contributed by atoms with Crippen LogP contribution >= 0.6 is 35.0 Å². The van der Waals surface area contributed by atoms with Crippen molar-refractivity contribution in [2.24, 2.45) is 0 Å². The third kappa shape index (κ3) is 6.19. The van der Waals surface area contributed by atoms with E-state index in [2.05, 4.69) is 5.32 Å². The molecule has 0 spiro atoms. The highest BCUT2D eigenvalue weighted by Gasteiger charge is 2.25. The molecule has 1 heterocycles. The number of furan rings is 1. The molecule has 0 radical (unpaired) electrons. The zero-order valence-electron chi connectivity index (χ0n) is 15.4. The normalized spacial score (nSPS) is 11.9. The third-order valence-electron chi connectivity index (χ3n) is 3.96. The number of thioether (sulfide) groups is 1. The van der Waals surface area contributed by atoms with Gasteiger partial charge in [0.2, 0.25) is 5.91 Å². The lowest BCUT2D eigenvalue weighted by atomic mass is 10.1. The van der Waals surface area contributed by atoms with Crippen LogP contribution in [0.2, 0.25) is 10.0 Å². The summed E-state index contributed by atoms with van der Waals surface area (Å²) in [5.74, 6) is 1.63. The molecule has 0 fully saturated rings. The Balaban J connectivity index is 2.10. The number of aryl methyl sites for hydroxylation is 1. The van der Waals surface area contributed by atoms with Crippen LogP contribution < -0.4 is 5.32 Å². The highest BCUT2D eigenvalue weighted by molar-refractivity contribution is 7.98. The van der Waals surface area contributed by atoms with Crippen LogP contribution in [0.4, 0.5) is 0 Å². The largest absolute Gasteiger partial charge is 0.464 e. The fourth-order valence-electron chi connectivity index (χ4n) is 2.55. The zero-order chi connectivity index (χ0) is 20.0. The molecule has 146 valence electrons. The van der Waals surface area contributed by atoms with Gasteiger partial charge in [-0.15, -0.1) is 0 Å². The van der Waals surface area contributed by atoms with Gasteiger partial charge in [0.05, 0.1) is 17.1 Å². The highest BCUT2D eigenvalue weighted by atomic mass is 35.5. The van der Waals surface area contributed by atoms with Crippen LogP contribution in [0, 0.1) is 6.92 Å². The number of rotatable bonds is 8. The molecule has 1 aromatic carbocycles. The van der Waals surface area contributed by atoms with Crippen LogP contribution in [-0.2, 0) is 11.3 Å². The van der Waals surface area contributed by atoms with Crippen LogP contribution in [0.5, 0.6) is 0 Å². The molecule has 0 saturated heterocycles. The standard InChI is InChI=1S/C19H22Cl2N2O3S/c1-12-4-6-14(26-12)11-23(2)19(25)17(8-9-27-3)22-18(24)15-7-5-13(20)10-16(15)21/h4-7,10,17H,8-9,11H2,1-3H3,(H,22,24). The molecule has 1 unspecified atom stereocenters. The van der Waals surface area contributed by atoms with E-state index in [0.29, 0.717) is 23.7 Å². The Labute approximate surface area is 173 Å². The maximum absolute atomic E-state index is 12.9. The summed E-state index contributed by atoms with van der Waals surface area (Å²) in [5, 5.41) is 3.49. The number of carbonyl (C=O) groups excluding carboxylic acids is 2. The van der Waals surface area contributed by atoms with Gasteiger partial charge in [-0.2, -0.15) is 11.8 Å². The van der Waals surface area contributed by atoms with E-state index < -0.39 is 11.9 Å². The van der Waals surface area contributed by atoms with Crippen molar-refractivity contribution in [1.29, 1.82) is 0 Å². The van der Waals surface area contributed by atoms with E-state index in [0.717, 1.165) is 11.5 Å². The molecule has 8 heteroatoms. The molecule has 0 aliphatic rings. The summed E-state index contributed by atoms with van der Waals surface area (Å²) < 4.78 is 5.53. The molecule has 2 amide bonds. The zero-order valence-corrected chi connectivity index (χ0v) is 17.7. The van der Waals surface area contributed by atoms with Crippen molar-refractivity contribution in [3.63, 3.8) is 0 Å². The summed E-state index contributed by atoms with van der Waals surface area (Å²) in [6.07, 6.45) is 2.47. The van der Waals surface area contributed by atoms with Crippen molar-refractivity contribution in [1.82, 2.24) is 10.2 Å². The second kappa shape index (κ2) is 10.1. The average Bonchev–Trinajstić information content (AvgIpc) is 3.02. The molecule has 0 aliphatic heterocycles. The quantitative estimate of drug-likeness (QED) is 0.676. The topological polar surface area (TPSA) is 62.6 Å². The van der Waals surface area contributed by atoms with Crippen molar-refractivity contribution in [3.8, 4) is 0 Å². The number of amides is 2. The van der Waals surface area contributed by atoms with Crippen LogP contribution in [0.15, 0.2) is 34.7 Å².